The zero-order valence-corrected chi connectivity index (χ0v) is 16.0. The molecule has 0 atom stereocenters. The summed E-state index contributed by atoms with van der Waals surface area (Å²) in [6, 6.07) is 4.27. The molecule has 2 rings (SSSR count). The van der Waals surface area contributed by atoms with Crippen molar-refractivity contribution in [1.82, 2.24) is 10.2 Å². The van der Waals surface area contributed by atoms with Crippen molar-refractivity contribution in [2.45, 2.75) is 45.1 Å². The van der Waals surface area contributed by atoms with E-state index in [1.54, 1.807) is 18.2 Å². The fourth-order valence-corrected chi connectivity index (χ4v) is 3.48. The maximum absolute atomic E-state index is 12.8. The van der Waals surface area contributed by atoms with Crippen LogP contribution in [0.4, 0.5) is 10.5 Å². The van der Waals surface area contributed by atoms with Gasteiger partial charge in [-0.1, -0.05) is 38.3 Å². The van der Waals surface area contributed by atoms with Crippen molar-refractivity contribution in [3.05, 3.63) is 23.2 Å². The van der Waals surface area contributed by atoms with Crippen molar-refractivity contribution in [2.24, 2.45) is 0 Å². The molecular weight excluding hydrogens is 358 g/mol. The Balaban J connectivity index is 2.07. The number of rotatable bonds is 8. The molecule has 0 radical (unpaired) electrons. The molecule has 1 aromatic rings. The zero-order chi connectivity index (χ0) is 19.3. The van der Waals surface area contributed by atoms with E-state index < -0.39 is 17.5 Å². The number of benzene rings is 1. The summed E-state index contributed by atoms with van der Waals surface area (Å²) in [5.74, 6) is -0.324. The highest BCUT2D eigenvalue weighted by atomic mass is 35.5. The molecule has 1 heterocycles. The molecule has 2 N–H and O–H groups in total. The molecule has 0 spiro atoms. The molecule has 142 valence electrons. The van der Waals surface area contributed by atoms with Crippen LogP contribution in [0.3, 0.4) is 0 Å². The van der Waals surface area contributed by atoms with Gasteiger partial charge in [-0.25, -0.2) is 4.79 Å². The van der Waals surface area contributed by atoms with E-state index in [0.29, 0.717) is 29.3 Å². The summed E-state index contributed by atoms with van der Waals surface area (Å²) in [7, 11) is 1.50. The monoisotopic (exact) mass is 381 g/mol. The molecule has 1 fully saturated rings. The van der Waals surface area contributed by atoms with E-state index in [-0.39, 0.29) is 12.5 Å². The summed E-state index contributed by atoms with van der Waals surface area (Å²) in [6.45, 7) is 3.57. The Bertz CT molecular complexity index is 702. The average Bonchev–Trinajstić information content (AvgIpc) is 2.80. The molecule has 26 heavy (non-hydrogen) atoms. The summed E-state index contributed by atoms with van der Waals surface area (Å²) < 4.78 is 5.06. The molecule has 8 heteroatoms. The number of amides is 4. The molecular formula is C18H24ClN3O4. The van der Waals surface area contributed by atoms with Crippen LogP contribution in [0.15, 0.2) is 18.2 Å². The number of urea groups is 1. The molecule has 7 nitrogen and oxygen atoms in total. The van der Waals surface area contributed by atoms with E-state index in [9.17, 15) is 14.4 Å². The number of imide groups is 1. The first kappa shape index (κ1) is 20.0. The van der Waals surface area contributed by atoms with E-state index in [1.807, 2.05) is 13.8 Å². The van der Waals surface area contributed by atoms with E-state index in [0.717, 1.165) is 17.7 Å². The summed E-state index contributed by atoms with van der Waals surface area (Å²) in [6.07, 6.45) is 2.63. The van der Waals surface area contributed by atoms with Crippen LogP contribution in [0.1, 0.15) is 39.5 Å². The third-order valence-electron chi connectivity index (χ3n) is 4.34. The molecule has 1 aliphatic rings. The SMILES string of the molecule is CCCC1(CCC)NC(=O)N(CC(=O)Nc2ccc(OC)c(Cl)c2)C1=O. The molecule has 0 aliphatic carbocycles. The standard InChI is InChI=1S/C18H24ClN3O4/c1-4-8-18(9-5-2)16(24)22(17(25)21-18)11-15(23)20-12-6-7-14(26-3)13(19)10-12/h6-7,10H,4-5,8-9,11H2,1-3H3,(H,20,23)(H,21,25). The first-order valence-electron chi connectivity index (χ1n) is 8.64. The first-order valence-corrected chi connectivity index (χ1v) is 9.02. The highest BCUT2D eigenvalue weighted by Gasteiger charge is 2.50. The zero-order valence-electron chi connectivity index (χ0n) is 15.2. The number of anilines is 1. The summed E-state index contributed by atoms with van der Waals surface area (Å²) in [4.78, 5) is 38.3. The van der Waals surface area contributed by atoms with Crippen LogP contribution < -0.4 is 15.4 Å². The normalized spacial score (nSPS) is 15.8. The summed E-state index contributed by atoms with van der Waals surface area (Å²) in [5.41, 5.74) is -0.439. The number of nitrogens with zero attached hydrogens (tertiary/aromatic N) is 1. The summed E-state index contributed by atoms with van der Waals surface area (Å²) in [5, 5.41) is 5.77. The van der Waals surface area contributed by atoms with Gasteiger partial charge in [0.25, 0.3) is 5.91 Å². The minimum atomic E-state index is -0.899. The number of methoxy groups -OCH3 is 1. The lowest BCUT2D eigenvalue weighted by molar-refractivity contribution is -0.134. The number of ether oxygens (including phenoxy) is 1. The second-order valence-corrected chi connectivity index (χ2v) is 6.71. The Morgan fingerprint density at radius 1 is 1.27 bits per heavy atom. The predicted octanol–water partition coefficient (Wildman–Crippen LogP) is 3.18. The Morgan fingerprint density at radius 2 is 1.92 bits per heavy atom. The van der Waals surface area contributed by atoms with Gasteiger partial charge in [0.2, 0.25) is 5.91 Å². The van der Waals surface area contributed by atoms with Crippen molar-refractivity contribution >= 4 is 35.1 Å². The van der Waals surface area contributed by atoms with Gasteiger partial charge in [-0.05, 0) is 31.0 Å². The van der Waals surface area contributed by atoms with Gasteiger partial charge in [-0.2, -0.15) is 0 Å². The Kier molecular flexibility index (Phi) is 6.47. The quantitative estimate of drug-likeness (QED) is 0.677. The van der Waals surface area contributed by atoms with Crippen molar-refractivity contribution in [3.63, 3.8) is 0 Å². The molecule has 0 aromatic heterocycles. The van der Waals surface area contributed by atoms with Crippen LogP contribution in [0, 0.1) is 0 Å². The average molecular weight is 382 g/mol. The van der Waals surface area contributed by atoms with E-state index in [2.05, 4.69) is 10.6 Å². The molecule has 1 aliphatic heterocycles. The number of carbonyl (C=O) groups is 3. The third-order valence-corrected chi connectivity index (χ3v) is 4.63. The van der Waals surface area contributed by atoms with Gasteiger partial charge in [-0.15, -0.1) is 0 Å². The molecule has 0 saturated carbocycles. The lowest BCUT2D eigenvalue weighted by Gasteiger charge is -2.25. The minimum Gasteiger partial charge on any atom is -0.495 e. The second kappa shape index (κ2) is 8.40. The highest BCUT2D eigenvalue weighted by molar-refractivity contribution is 6.32. The van der Waals surface area contributed by atoms with E-state index in [4.69, 9.17) is 16.3 Å². The maximum Gasteiger partial charge on any atom is 0.325 e. The predicted molar refractivity (Wildman–Crippen MR) is 99.4 cm³/mol. The maximum atomic E-state index is 12.8. The molecule has 0 unspecified atom stereocenters. The van der Waals surface area contributed by atoms with Crippen LogP contribution in [0.25, 0.3) is 0 Å². The smallest absolute Gasteiger partial charge is 0.325 e. The van der Waals surface area contributed by atoms with Crippen molar-refractivity contribution in [3.8, 4) is 5.75 Å². The second-order valence-electron chi connectivity index (χ2n) is 6.30. The van der Waals surface area contributed by atoms with Crippen molar-refractivity contribution < 1.29 is 19.1 Å². The lowest BCUT2D eigenvalue weighted by Crippen LogP contribution is -2.47. The molecule has 0 bridgehead atoms. The Morgan fingerprint density at radius 3 is 2.46 bits per heavy atom. The van der Waals surface area contributed by atoms with Gasteiger partial charge >= 0.3 is 6.03 Å². The number of hydrogen-bond donors (Lipinski definition) is 2. The van der Waals surface area contributed by atoms with Gasteiger partial charge in [0, 0.05) is 5.69 Å². The summed E-state index contributed by atoms with van der Waals surface area (Å²) >= 11 is 6.03. The highest BCUT2D eigenvalue weighted by Crippen LogP contribution is 2.29. The minimum absolute atomic E-state index is 0.339. The van der Waals surface area contributed by atoms with E-state index >= 15 is 0 Å². The fourth-order valence-electron chi connectivity index (χ4n) is 3.23. The van der Waals surface area contributed by atoms with Crippen LogP contribution in [-0.4, -0.2) is 41.9 Å². The van der Waals surface area contributed by atoms with Gasteiger partial charge in [0.05, 0.1) is 12.1 Å². The third kappa shape index (κ3) is 4.09. The molecule has 1 aromatic carbocycles. The van der Waals surface area contributed by atoms with Gasteiger partial charge in [-0.3, -0.25) is 14.5 Å². The van der Waals surface area contributed by atoms with Crippen LogP contribution in [0.5, 0.6) is 5.75 Å². The number of hydrogen-bond acceptors (Lipinski definition) is 4. The number of nitrogens with one attached hydrogen (secondary N) is 2. The molecule has 4 amide bonds. The van der Waals surface area contributed by atoms with Crippen LogP contribution >= 0.6 is 11.6 Å². The number of carbonyl (C=O) groups excluding carboxylic acids is 3. The lowest BCUT2D eigenvalue weighted by atomic mass is 9.88. The molecule has 1 saturated heterocycles. The van der Waals surface area contributed by atoms with Crippen LogP contribution in [0.2, 0.25) is 5.02 Å². The van der Waals surface area contributed by atoms with Crippen molar-refractivity contribution in [2.75, 3.05) is 19.0 Å². The fraction of sp³-hybridized carbons (Fsp3) is 0.500. The topological polar surface area (TPSA) is 87.7 Å². The van der Waals surface area contributed by atoms with Crippen LogP contribution in [-0.2, 0) is 9.59 Å². The first-order chi connectivity index (χ1) is 12.4. The largest absolute Gasteiger partial charge is 0.495 e. The van der Waals surface area contributed by atoms with E-state index in [1.165, 1.54) is 7.11 Å². The number of halogens is 1. The van der Waals surface area contributed by atoms with Gasteiger partial charge in [0.15, 0.2) is 0 Å². The Labute approximate surface area is 158 Å². The van der Waals surface area contributed by atoms with Crippen molar-refractivity contribution in [1.29, 1.82) is 0 Å². The van der Waals surface area contributed by atoms with Gasteiger partial charge in [0.1, 0.15) is 17.8 Å². The Hall–Kier alpha value is -2.28. The van der Waals surface area contributed by atoms with Gasteiger partial charge < -0.3 is 15.4 Å².